The largest absolute Gasteiger partial charge is 0.326 e. The fourth-order valence-corrected chi connectivity index (χ4v) is 7.73. The van der Waals surface area contributed by atoms with Gasteiger partial charge in [0, 0.05) is 35.8 Å². The third kappa shape index (κ3) is 3.74. The minimum atomic E-state index is -0.0891. The molecule has 3 fully saturated rings. The average Bonchev–Trinajstić information content (AvgIpc) is 3.15. The van der Waals surface area contributed by atoms with E-state index in [1.807, 2.05) is 17.0 Å². The zero-order valence-electron chi connectivity index (χ0n) is 21.0. The van der Waals surface area contributed by atoms with Gasteiger partial charge in [0.05, 0.1) is 0 Å². The second-order valence-corrected chi connectivity index (χ2v) is 12.7. The number of rotatable bonds is 1. The SMILES string of the molecule is CC(C)(C)c1ccc(NC(=O)N2C[C@H]3[C@@H]4CCC[C@@]4(C)CC[C@@H]3[C@@]3(C)CCC(=O)C=C23)cc1. The fraction of sp³-hybridized carbons (Fsp3) is 0.655. The monoisotopic (exact) mass is 448 g/mol. The molecule has 1 aliphatic heterocycles. The Morgan fingerprint density at radius 1 is 1.03 bits per heavy atom. The Morgan fingerprint density at radius 3 is 2.45 bits per heavy atom. The molecule has 5 atom stereocenters. The molecule has 0 unspecified atom stereocenters. The number of anilines is 1. The van der Waals surface area contributed by atoms with Gasteiger partial charge in [0.15, 0.2) is 5.78 Å². The first-order valence-corrected chi connectivity index (χ1v) is 13.0. The standard InChI is InChI=1S/C29H40N2O2/c1-27(2,3)19-8-10-20(11-9-19)30-26(33)31-18-22-23-7-6-14-28(23,4)15-13-24(22)29(5)16-12-21(32)17-25(29)31/h8-11,17,22-24H,6-7,12-16,18H2,1-5H3,(H,30,33)/t22-,23-,24-,28-,29+/m0/s1. The lowest BCUT2D eigenvalue weighted by Gasteiger charge is -2.59. The topological polar surface area (TPSA) is 49.4 Å². The summed E-state index contributed by atoms with van der Waals surface area (Å²) in [7, 11) is 0. The molecule has 0 aromatic heterocycles. The third-order valence-electron chi connectivity index (χ3n) is 9.74. The summed E-state index contributed by atoms with van der Waals surface area (Å²) in [4.78, 5) is 28.1. The fourth-order valence-electron chi connectivity index (χ4n) is 7.73. The molecule has 5 rings (SSSR count). The van der Waals surface area contributed by atoms with Crippen molar-refractivity contribution in [3.05, 3.63) is 41.6 Å². The Kier molecular flexibility index (Phi) is 5.30. The van der Waals surface area contributed by atoms with Gasteiger partial charge in [0.2, 0.25) is 0 Å². The smallest absolute Gasteiger partial charge is 0.308 e. The molecule has 1 N–H and O–H groups in total. The van der Waals surface area contributed by atoms with E-state index in [1.165, 1.54) is 37.7 Å². The lowest BCUT2D eigenvalue weighted by atomic mass is 9.50. The van der Waals surface area contributed by atoms with Gasteiger partial charge >= 0.3 is 6.03 Å². The van der Waals surface area contributed by atoms with Crippen molar-refractivity contribution in [2.75, 3.05) is 11.9 Å². The van der Waals surface area contributed by atoms with Crippen molar-refractivity contribution in [2.45, 2.75) is 85.0 Å². The number of benzene rings is 1. The van der Waals surface area contributed by atoms with E-state index in [0.717, 1.165) is 24.4 Å². The molecule has 4 nitrogen and oxygen atoms in total. The van der Waals surface area contributed by atoms with Crippen LogP contribution < -0.4 is 5.32 Å². The van der Waals surface area contributed by atoms with Crippen molar-refractivity contribution in [3.8, 4) is 0 Å². The Morgan fingerprint density at radius 2 is 1.76 bits per heavy atom. The van der Waals surface area contributed by atoms with Crippen LogP contribution in [0, 0.1) is 28.6 Å². The molecule has 0 spiro atoms. The first-order valence-electron chi connectivity index (χ1n) is 13.0. The number of nitrogens with one attached hydrogen (secondary N) is 1. The number of likely N-dealkylation sites (tertiary alicyclic amines) is 1. The minimum Gasteiger partial charge on any atom is -0.308 e. The van der Waals surface area contributed by atoms with E-state index < -0.39 is 0 Å². The molecule has 2 saturated carbocycles. The summed E-state index contributed by atoms with van der Waals surface area (Å²) >= 11 is 0. The number of piperidine rings is 1. The normalized spacial score (nSPS) is 35.9. The molecule has 33 heavy (non-hydrogen) atoms. The van der Waals surface area contributed by atoms with E-state index in [9.17, 15) is 9.59 Å². The van der Waals surface area contributed by atoms with Gasteiger partial charge in [-0.1, -0.05) is 53.2 Å². The Bertz CT molecular complexity index is 988. The van der Waals surface area contributed by atoms with Gasteiger partial charge in [-0.25, -0.2) is 4.79 Å². The second kappa shape index (κ2) is 7.71. The molecule has 178 valence electrons. The molecule has 1 saturated heterocycles. The van der Waals surface area contributed by atoms with Crippen LogP contribution in [-0.2, 0) is 10.2 Å². The van der Waals surface area contributed by atoms with Crippen LogP contribution >= 0.6 is 0 Å². The third-order valence-corrected chi connectivity index (χ3v) is 9.74. The van der Waals surface area contributed by atoms with Gasteiger partial charge in [-0.15, -0.1) is 0 Å². The zero-order valence-corrected chi connectivity index (χ0v) is 21.0. The van der Waals surface area contributed by atoms with E-state index in [1.54, 1.807) is 6.08 Å². The predicted molar refractivity (Wildman–Crippen MR) is 133 cm³/mol. The highest BCUT2D eigenvalue weighted by Crippen LogP contribution is 2.63. The molecule has 1 heterocycles. The van der Waals surface area contributed by atoms with E-state index in [4.69, 9.17) is 0 Å². The Hall–Kier alpha value is -2.10. The van der Waals surface area contributed by atoms with Crippen LogP contribution in [0.3, 0.4) is 0 Å². The molecule has 4 heteroatoms. The molecule has 1 aromatic rings. The Labute approximate surface area is 199 Å². The van der Waals surface area contributed by atoms with Crippen LogP contribution in [0.4, 0.5) is 10.5 Å². The summed E-state index contributed by atoms with van der Waals surface area (Å²) in [5.74, 6) is 1.95. The molecule has 0 radical (unpaired) electrons. The van der Waals surface area contributed by atoms with Gasteiger partial charge in [-0.05, 0) is 78.4 Å². The van der Waals surface area contributed by atoms with E-state index in [0.29, 0.717) is 29.6 Å². The zero-order chi connectivity index (χ0) is 23.6. The summed E-state index contributed by atoms with van der Waals surface area (Å²) < 4.78 is 0. The summed E-state index contributed by atoms with van der Waals surface area (Å²) in [5.41, 5.74) is 3.44. The van der Waals surface area contributed by atoms with E-state index >= 15 is 0 Å². The highest BCUT2D eigenvalue weighted by molar-refractivity contribution is 5.95. The minimum absolute atomic E-state index is 0.0778. The van der Waals surface area contributed by atoms with Crippen molar-refractivity contribution in [3.63, 3.8) is 0 Å². The molecule has 2 amide bonds. The molecular formula is C29H40N2O2. The van der Waals surface area contributed by atoms with Gasteiger partial charge in [0.25, 0.3) is 0 Å². The first kappa shape index (κ1) is 22.7. The number of hydrogen-bond acceptors (Lipinski definition) is 2. The van der Waals surface area contributed by atoms with Gasteiger partial charge in [-0.3, -0.25) is 9.69 Å². The highest BCUT2D eigenvalue weighted by atomic mass is 16.2. The predicted octanol–water partition coefficient (Wildman–Crippen LogP) is 6.92. The molecule has 1 aromatic carbocycles. The van der Waals surface area contributed by atoms with Crippen LogP contribution in [-0.4, -0.2) is 23.3 Å². The summed E-state index contributed by atoms with van der Waals surface area (Å²) in [6.45, 7) is 12.1. The van der Waals surface area contributed by atoms with Crippen LogP contribution in [0.1, 0.15) is 85.1 Å². The first-order chi connectivity index (χ1) is 15.5. The quantitative estimate of drug-likeness (QED) is 0.507. The molecular weight excluding hydrogens is 408 g/mol. The number of urea groups is 1. The van der Waals surface area contributed by atoms with Crippen molar-refractivity contribution in [2.24, 2.45) is 28.6 Å². The number of fused-ring (bicyclic) bond motifs is 5. The summed E-state index contributed by atoms with van der Waals surface area (Å²) in [5, 5.41) is 3.15. The lowest BCUT2D eigenvalue weighted by molar-refractivity contribution is -0.118. The summed E-state index contributed by atoms with van der Waals surface area (Å²) in [6, 6.07) is 8.11. The highest BCUT2D eigenvalue weighted by Gasteiger charge is 2.58. The number of allylic oxidation sites excluding steroid dienone is 2. The van der Waals surface area contributed by atoms with Crippen molar-refractivity contribution >= 4 is 17.5 Å². The average molecular weight is 449 g/mol. The molecule has 3 aliphatic carbocycles. The number of nitrogens with zero attached hydrogens (tertiary/aromatic N) is 1. The number of hydrogen-bond donors (Lipinski definition) is 1. The van der Waals surface area contributed by atoms with Crippen molar-refractivity contribution < 1.29 is 9.59 Å². The van der Waals surface area contributed by atoms with Crippen molar-refractivity contribution in [1.82, 2.24) is 4.90 Å². The maximum absolute atomic E-state index is 13.7. The van der Waals surface area contributed by atoms with Gasteiger partial charge in [0.1, 0.15) is 0 Å². The van der Waals surface area contributed by atoms with E-state index in [-0.39, 0.29) is 22.6 Å². The van der Waals surface area contributed by atoms with Crippen LogP contribution in [0.25, 0.3) is 0 Å². The second-order valence-electron chi connectivity index (χ2n) is 12.7. The maximum Gasteiger partial charge on any atom is 0.326 e. The number of amides is 2. The van der Waals surface area contributed by atoms with Gasteiger partial charge < -0.3 is 5.32 Å². The summed E-state index contributed by atoms with van der Waals surface area (Å²) in [6.07, 6.45) is 9.71. The number of carbonyl (C=O) groups is 2. The van der Waals surface area contributed by atoms with E-state index in [2.05, 4.69) is 52.1 Å². The van der Waals surface area contributed by atoms with Crippen molar-refractivity contribution in [1.29, 1.82) is 0 Å². The number of carbonyl (C=O) groups excluding carboxylic acids is 2. The maximum atomic E-state index is 13.7. The van der Waals surface area contributed by atoms with Crippen LogP contribution in [0.2, 0.25) is 0 Å². The number of ketones is 1. The van der Waals surface area contributed by atoms with Crippen LogP contribution in [0.5, 0.6) is 0 Å². The van der Waals surface area contributed by atoms with Gasteiger partial charge in [-0.2, -0.15) is 0 Å². The van der Waals surface area contributed by atoms with Crippen LogP contribution in [0.15, 0.2) is 36.0 Å². The molecule has 0 bridgehead atoms. The Balaban J connectivity index is 1.45. The lowest BCUT2D eigenvalue weighted by Crippen LogP contribution is -2.59. The molecule has 4 aliphatic rings.